The topological polar surface area (TPSA) is 32.8 Å². The van der Waals surface area contributed by atoms with Crippen molar-refractivity contribution in [2.75, 3.05) is 32.7 Å². The summed E-state index contributed by atoms with van der Waals surface area (Å²) in [5, 5.41) is 0. The van der Waals surface area contributed by atoms with Gasteiger partial charge >= 0.3 is 12.5 Å². The fourth-order valence-corrected chi connectivity index (χ4v) is 3.11. The summed E-state index contributed by atoms with van der Waals surface area (Å²) in [6, 6.07) is 14.9. The third-order valence-electron chi connectivity index (χ3n) is 4.72. The van der Waals surface area contributed by atoms with Crippen molar-refractivity contribution in [3.8, 4) is 5.75 Å². The van der Waals surface area contributed by atoms with Gasteiger partial charge in [-0.05, 0) is 23.8 Å². The van der Waals surface area contributed by atoms with Gasteiger partial charge < -0.3 is 9.64 Å². The van der Waals surface area contributed by atoms with Crippen LogP contribution in [-0.2, 0) is 0 Å². The van der Waals surface area contributed by atoms with Gasteiger partial charge in [0.05, 0.1) is 0 Å². The zero-order valence-electron chi connectivity index (χ0n) is 16.2. The molecule has 0 unspecified atom stereocenters. The highest BCUT2D eigenvalue weighted by atomic mass is 19.3. The van der Waals surface area contributed by atoms with Gasteiger partial charge in [-0.1, -0.05) is 48.6 Å². The molecule has 1 saturated heterocycles. The summed E-state index contributed by atoms with van der Waals surface area (Å²) in [5.74, 6) is -0.823. The lowest BCUT2D eigenvalue weighted by Gasteiger charge is -2.34. The Labute approximate surface area is 172 Å². The van der Waals surface area contributed by atoms with Gasteiger partial charge in [-0.3, -0.25) is 9.69 Å². The molecule has 0 bridgehead atoms. The molecular formula is C22H22F4N2O2. The Morgan fingerprint density at radius 3 is 2.40 bits per heavy atom. The van der Waals surface area contributed by atoms with Crippen LogP contribution in [0.1, 0.15) is 15.9 Å². The van der Waals surface area contributed by atoms with Crippen LogP contribution in [0, 0.1) is 0 Å². The first-order valence-corrected chi connectivity index (χ1v) is 9.53. The van der Waals surface area contributed by atoms with E-state index in [-0.39, 0.29) is 11.5 Å². The normalized spacial score (nSPS) is 15.7. The quantitative estimate of drug-likeness (QED) is 0.621. The van der Waals surface area contributed by atoms with E-state index < -0.39 is 18.3 Å². The number of ether oxygens (including phenoxy) is 1. The SMILES string of the molecule is O=C(c1cccc(OC(F)(F)C(F)F)c1)N1CCN(C/C=C/c2ccccc2)CC1. The van der Waals surface area contributed by atoms with Gasteiger partial charge in [-0.2, -0.15) is 17.6 Å². The molecule has 4 nitrogen and oxygen atoms in total. The number of carbonyl (C=O) groups is 1. The molecule has 0 aromatic heterocycles. The van der Waals surface area contributed by atoms with Gasteiger partial charge in [-0.25, -0.2) is 0 Å². The maximum absolute atomic E-state index is 13.1. The molecule has 2 aromatic rings. The van der Waals surface area contributed by atoms with Crippen LogP contribution in [0.4, 0.5) is 17.6 Å². The third-order valence-corrected chi connectivity index (χ3v) is 4.72. The van der Waals surface area contributed by atoms with Crippen molar-refractivity contribution in [1.82, 2.24) is 9.80 Å². The highest BCUT2D eigenvalue weighted by Gasteiger charge is 2.44. The molecule has 0 radical (unpaired) electrons. The summed E-state index contributed by atoms with van der Waals surface area (Å²) in [5.41, 5.74) is 1.24. The minimum atomic E-state index is -4.61. The summed E-state index contributed by atoms with van der Waals surface area (Å²) in [6.07, 6.45) is -4.46. The molecule has 0 N–H and O–H groups in total. The van der Waals surface area contributed by atoms with Gasteiger partial charge in [0.1, 0.15) is 5.75 Å². The maximum Gasteiger partial charge on any atom is 0.461 e. The zero-order chi connectivity index (χ0) is 21.6. The molecule has 1 heterocycles. The van der Waals surface area contributed by atoms with Gasteiger partial charge in [0.25, 0.3) is 5.91 Å². The first kappa shape index (κ1) is 21.8. The Bertz CT molecular complexity index is 866. The third kappa shape index (κ3) is 5.82. The Kier molecular flexibility index (Phi) is 7.10. The zero-order valence-corrected chi connectivity index (χ0v) is 16.2. The lowest BCUT2D eigenvalue weighted by molar-refractivity contribution is -0.253. The Hall–Kier alpha value is -2.87. The molecule has 8 heteroatoms. The lowest BCUT2D eigenvalue weighted by Crippen LogP contribution is -2.48. The number of halogens is 4. The molecule has 0 atom stereocenters. The summed E-state index contributed by atoms with van der Waals surface area (Å²) in [6.45, 7) is 3.06. The smallest absolute Gasteiger partial charge is 0.428 e. The van der Waals surface area contributed by atoms with Crippen molar-refractivity contribution < 1.29 is 27.1 Å². The minimum Gasteiger partial charge on any atom is -0.428 e. The number of hydrogen-bond acceptors (Lipinski definition) is 3. The van der Waals surface area contributed by atoms with E-state index in [1.165, 1.54) is 12.1 Å². The average molecular weight is 422 g/mol. The van der Waals surface area contributed by atoms with E-state index in [0.29, 0.717) is 26.2 Å². The minimum absolute atomic E-state index is 0.120. The molecule has 1 aliphatic rings. The lowest BCUT2D eigenvalue weighted by atomic mass is 10.1. The van der Waals surface area contributed by atoms with Crippen molar-refractivity contribution >= 4 is 12.0 Å². The first-order valence-electron chi connectivity index (χ1n) is 9.53. The fourth-order valence-electron chi connectivity index (χ4n) is 3.11. The molecule has 1 fully saturated rings. The molecule has 0 spiro atoms. The van der Waals surface area contributed by atoms with Crippen molar-refractivity contribution in [3.05, 3.63) is 71.8 Å². The van der Waals surface area contributed by atoms with E-state index in [2.05, 4.69) is 15.7 Å². The van der Waals surface area contributed by atoms with Crippen molar-refractivity contribution in [2.24, 2.45) is 0 Å². The van der Waals surface area contributed by atoms with E-state index in [0.717, 1.165) is 24.2 Å². The Balaban J connectivity index is 1.52. The maximum atomic E-state index is 13.1. The van der Waals surface area contributed by atoms with Crippen LogP contribution in [0.25, 0.3) is 6.08 Å². The summed E-state index contributed by atoms with van der Waals surface area (Å²) in [4.78, 5) is 16.5. The van der Waals surface area contributed by atoms with E-state index in [4.69, 9.17) is 0 Å². The molecule has 3 rings (SSSR count). The highest BCUT2D eigenvalue weighted by Crippen LogP contribution is 2.28. The molecular weight excluding hydrogens is 400 g/mol. The predicted octanol–water partition coefficient (Wildman–Crippen LogP) is 4.39. The molecule has 1 aliphatic heterocycles. The number of rotatable bonds is 7. The second-order valence-corrected chi connectivity index (χ2v) is 6.90. The summed E-state index contributed by atoms with van der Waals surface area (Å²) < 4.78 is 54.9. The fraction of sp³-hybridized carbons (Fsp3) is 0.318. The number of nitrogens with zero attached hydrogens (tertiary/aromatic N) is 2. The number of amides is 1. The predicted molar refractivity (Wildman–Crippen MR) is 106 cm³/mol. The van der Waals surface area contributed by atoms with E-state index in [1.807, 2.05) is 36.4 Å². The largest absolute Gasteiger partial charge is 0.461 e. The van der Waals surface area contributed by atoms with Crippen LogP contribution in [0.3, 0.4) is 0 Å². The van der Waals surface area contributed by atoms with Crippen molar-refractivity contribution in [2.45, 2.75) is 12.5 Å². The van der Waals surface area contributed by atoms with Crippen LogP contribution in [0.2, 0.25) is 0 Å². The number of alkyl halides is 4. The van der Waals surface area contributed by atoms with E-state index >= 15 is 0 Å². The Morgan fingerprint density at radius 1 is 1.03 bits per heavy atom. The van der Waals surface area contributed by atoms with Crippen LogP contribution in [0.5, 0.6) is 5.75 Å². The number of hydrogen-bond donors (Lipinski definition) is 0. The molecule has 1 amide bonds. The van der Waals surface area contributed by atoms with Gasteiger partial charge in [0.2, 0.25) is 0 Å². The average Bonchev–Trinajstić information content (AvgIpc) is 2.74. The van der Waals surface area contributed by atoms with Crippen LogP contribution in [0.15, 0.2) is 60.7 Å². The van der Waals surface area contributed by atoms with Gasteiger partial charge in [0, 0.05) is 38.3 Å². The van der Waals surface area contributed by atoms with Crippen molar-refractivity contribution in [1.29, 1.82) is 0 Å². The first-order chi connectivity index (χ1) is 14.3. The second-order valence-electron chi connectivity index (χ2n) is 6.90. The molecule has 2 aromatic carbocycles. The number of benzene rings is 2. The van der Waals surface area contributed by atoms with Crippen molar-refractivity contribution in [3.63, 3.8) is 0 Å². The molecule has 160 valence electrons. The van der Waals surface area contributed by atoms with E-state index in [1.54, 1.807) is 4.90 Å². The van der Waals surface area contributed by atoms with Gasteiger partial charge in [-0.15, -0.1) is 0 Å². The second kappa shape index (κ2) is 9.75. The van der Waals surface area contributed by atoms with Crippen LogP contribution >= 0.6 is 0 Å². The Morgan fingerprint density at radius 2 is 1.73 bits per heavy atom. The van der Waals surface area contributed by atoms with Crippen LogP contribution in [-0.4, -0.2) is 61.0 Å². The summed E-state index contributed by atoms with van der Waals surface area (Å²) >= 11 is 0. The summed E-state index contributed by atoms with van der Waals surface area (Å²) in [7, 11) is 0. The standard InChI is InChI=1S/C22H22F4N2O2/c23-21(24)22(25,26)30-19-10-4-9-18(16-19)20(29)28-14-12-27(13-15-28)11-5-8-17-6-2-1-3-7-17/h1-10,16,21H,11-15H2/b8-5+. The molecule has 30 heavy (non-hydrogen) atoms. The monoisotopic (exact) mass is 422 g/mol. The number of piperazine rings is 1. The van der Waals surface area contributed by atoms with E-state index in [9.17, 15) is 22.4 Å². The molecule has 0 aliphatic carbocycles. The highest BCUT2D eigenvalue weighted by molar-refractivity contribution is 5.94. The molecule has 0 saturated carbocycles. The van der Waals surface area contributed by atoms with Crippen LogP contribution < -0.4 is 4.74 Å². The van der Waals surface area contributed by atoms with Gasteiger partial charge in [0.15, 0.2) is 0 Å². The number of carbonyl (C=O) groups excluding carboxylic acids is 1.